The van der Waals surface area contributed by atoms with E-state index in [1.165, 1.54) is 0 Å². The van der Waals surface area contributed by atoms with E-state index in [-0.39, 0.29) is 18.4 Å². The van der Waals surface area contributed by atoms with Crippen LogP contribution in [0.4, 0.5) is 0 Å². The molecule has 0 spiro atoms. The zero-order valence-corrected chi connectivity index (χ0v) is 13.8. The Hall–Kier alpha value is -1.88. The van der Waals surface area contributed by atoms with E-state index in [1.54, 1.807) is 17.0 Å². The van der Waals surface area contributed by atoms with Gasteiger partial charge < -0.3 is 16.0 Å². The number of nitrogens with zero attached hydrogens (tertiary/aromatic N) is 1. The van der Waals surface area contributed by atoms with Crippen molar-refractivity contribution in [3.63, 3.8) is 0 Å². The molecule has 3 N–H and O–H groups in total. The van der Waals surface area contributed by atoms with Crippen molar-refractivity contribution in [1.82, 2.24) is 10.2 Å². The lowest BCUT2D eigenvalue weighted by Crippen LogP contribution is -2.48. The first-order chi connectivity index (χ1) is 10.3. The van der Waals surface area contributed by atoms with E-state index in [9.17, 15) is 9.59 Å². The first kappa shape index (κ1) is 18.2. The quantitative estimate of drug-likeness (QED) is 0.769. The highest BCUT2D eigenvalue weighted by Crippen LogP contribution is 2.06. The van der Waals surface area contributed by atoms with Crippen molar-refractivity contribution in [2.24, 2.45) is 5.73 Å². The summed E-state index contributed by atoms with van der Waals surface area (Å²) in [5, 5.41) is 2.78. The molecular formula is C17H27N3O2. The fourth-order valence-corrected chi connectivity index (χ4v) is 1.92. The predicted octanol–water partition coefficient (Wildman–Crippen LogP) is 1.78. The number of rotatable bonds is 8. The van der Waals surface area contributed by atoms with E-state index in [4.69, 9.17) is 5.73 Å². The van der Waals surface area contributed by atoms with E-state index in [0.29, 0.717) is 18.7 Å². The summed E-state index contributed by atoms with van der Waals surface area (Å²) in [6.07, 6.45) is 1.84. The van der Waals surface area contributed by atoms with Gasteiger partial charge in [0.05, 0.1) is 6.54 Å². The summed E-state index contributed by atoms with van der Waals surface area (Å²) in [5.41, 5.74) is 5.99. The zero-order chi connectivity index (χ0) is 16.6. The van der Waals surface area contributed by atoms with Crippen molar-refractivity contribution in [2.45, 2.75) is 39.2 Å². The molecule has 5 nitrogen and oxygen atoms in total. The number of hydrogen-bond acceptors (Lipinski definition) is 3. The maximum Gasteiger partial charge on any atom is 0.254 e. The third-order valence-electron chi connectivity index (χ3n) is 3.17. The van der Waals surface area contributed by atoms with Gasteiger partial charge in [-0.3, -0.25) is 9.59 Å². The van der Waals surface area contributed by atoms with Gasteiger partial charge in [-0.15, -0.1) is 0 Å². The van der Waals surface area contributed by atoms with Crippen molar-refractivity contribution in [3.05, 3.63) is 35.9 Å². The number of carbonyl (C=O) groups is 2. The van der Waals surface area contributed by atoms with Crippen LogP contribution in [0.1, 0.15) is 44.0 Å². The summed E-state index contributed by atoms with van der Waals surface area (Å²) in [6, 6.07) is 9.04. The van der Waals surface area contributed by atoms with Crippen LogP contribution in [0.2, 0.25) is 0 Å². The third kappa shape index (κ3) is 6.72. The van der Waals surface area contributed by atoms with Crippen LogP contribution in [0.15, 0.2) is 30.3 Å². The van der Waals surface area contributed by atoms with Gasteiger partial charge in [-0.2, -0.15) is 0 Å². The Kier molecular flexibility index (Phi) is 7.05. The Balaban J connectivity index is 2.68. The van der Waals surface area contributed by atoms with E-state index >= 15 is 0 Å². The average Bonchev–Trinajstić information content (AvgIpc) is 2.49. The van der Waals surface area contributed by atoms with Crippen LogP contribution in [0, 0.1) is 0 Å². The molecule has 1 aromatic rings. The smallest absolute Gasteiger partial charge is 0.254 e. The van der Waals surface area contributed by atoms with Crippen LogP contribution in [0.5, 0.6) is 0 Å². The molecule has 122 valence electrons. The van der Waals surface area contributed by atoms with Gasteiger partial charge in [0.15, 0.2) is 0 Å². The molecule has 0 heterocycles. The zero-order valence-electron chi connectivity index (χ0n) is 13.8. The highest BCUT2D eigenvalue weighted by atomic mass is 16.2. The number of nitrogens with two attached hydrogens (primary N) is 1. The molecule has 22 heavy (non-hydrogen) atoms. The van der Waals surface area contributed by atoms with E-state index in [2.05, 4.69) is 12.2 Å². The highest BCUT2D eigenvalue weighted by molar-refractivity contribution is 5.96. The number of nitrogens with one attached hydrogen (secondary N) is 1. The predicted molar refractivity (Wildman–Crippen MR) is 88.5 cm³/mol. The van der Waals surface area contributed by atoms with Gasteiger partial charge in [0, 0.05) is 24.2 Å². The molecule has 1 aromatic carbocycles. The van der Waals surface area contributed by atoms with Gasteiger partial charge in [-0.05, 0) is 32.4 Å². The summed E-state index contributed by atoms with van der Waals surface area (Å²) in [6.45, 7) is 6.76. The van der Waals surface area contributed by atoms with Crippen molar-refractivity contribution in [3.8, 4) is 0 Å². The Morgan fingerprint density at radius 3 is 2.41 bits per heavy atom. The molecule has 0 radical (unpaired) electrons. The molecule has 0 aliphatic heterocycles. The molecule has 0 bridgehead atoms. The van der Waals surface area contributed by atoms with Crippen LogP contribution >= 0.6 is 0 Å². The maximum atomic E-state index is 12.5. The van der Waals surface area contributed by atoms with E-state index in [0.717, 1.165) is 12.8 Å². The monoisotopic (exact) mass is 305 g/mol. The summed E-state index contributed by atoms with van der Waals surface area (Å²) in [7, 11) is 0. The second kappa shape index (κ2) is 8.54. The normalized spacial score (nSPS) is 11.1. The average molecular weight is 305 g/mol. The third-order valence-corrected chi connectivity index (χ3v) is 3.17. The standard InChI is InChI=1S/C17H27N3O2/c1-4-5-11-20(12-15(21)19-13-17(2,3)18)16(22)14-9-7-6-8-10-14/h6-10H,4-5,11-13,18H2,1-3H3,(H,19,21). The van der Waals surface area contributed by atoms with Crippen molar-refractivity contribution in [2.75, 3.05) is 19.6 Å². The summed E-state index contributed by atoms with van der Waals surface area (Å²) in [5.74, 6) is -0.296. The van der Waals surface area contributed by atoms with Gasteiger partial charge in [-0.25, -0.2) is 0 Å². The van der Waals surface area contributed by atoms with E-state index in [1.807, 2.05) is 32.0 Å². The molecule has 0 aliphatic rings. The second-order valence-corrected chi connectivity index (χ2v) is 6.21. The molecule has 1 rings (SSSR count). The number of benzene rings is 1. The fourth-order valence-electron chi connectivity index (χ4n) is 1.92. The fraction of sp³-hybridized carbons (Fsp3) is 0.529. The molecular weight excluding hydrogens is 278 g/mol. The molecule has 0 saturated heterocycles. The lowest BCUT2D eigenvalue weighted by atomic mass is 10.1. The van der Waals surface area contributed by atoms with Crippen molar-refractivity contribution >= 4 is 11.8 Å². The summed E-state index contributed by atoms with van der Waals surface area (Å²) in [4.78, 5) is 26.1. The molecule has 0 unspecified atom stereocenters. The minimum absolute atomic E-state index is 0.0593. The minimum Gasteiger partial charge on any atom is -0.353 e. The van der Waals surface area contributed by atoms with Crippen LogP contribution in [-0.4, -0.2) is 41.9 Å². The first-order valence-electron chi connectivity index (χ1n) is 7.73. The SMILES string of the molecule is CCCCN(CC(=O)NCC(C)(C)N)C(=O)c1ccccc1. The van der Waals surface area contributed by atoms with E-state index < -0.39 is 5.54 Å². The van der Waals surface area contributed by atoms with Crippen molar-refractivity contribution < 1.29 is 9.59 Å². The first-order valence-corrected chi connectivity index (χ1v) is 7.73. The van der Waals surface area contributed by atoms with Crippen LogP contribution in [-0.2, 0) is 4.79 Å². The molecule has 2 amide bonds. The van der Waals surface area contributed by atoms with Gasteiger partial charge >= 0.3 is 0 Å². The lowest BCUT2D eigenvalue weighted by Gasteiger charge is -2.24. The van der Waals surface area contributed by atoms with Crippen LogP contribution < -0.4 is 11.1 Å². The Morgan fingerprint density at radius 2 is 1.86 bits per heavy atom. The molecule has 5 heteroatoms. The van der Waals surface area contributed by atoms with Crippen LogP contribution in [0.25, 0.3) is 0 Å². The Labute approximate surface area is 132 Å². The Morgan fingerprint density at radius 1 is 1.23 bits per heavy atom. The summed E-state index contributed by atoms with van der Waals surface area (Å²) < 4.78 is 0. The number of amides is 2. The molecule has 0 saturated carbocycles. The molecule has 0 fully saturated rings. The van der Waals surface area contributed by atoms with Gasteiger partial charge in [-0.1, -0.05) is 31.5 Å². The largest absolute Gasteiger partial charge is 0.353 e. The molecule has 0 aromatic heterocycles. The van der Waals surface area contributed by atoms with Gasteiger partial charge in [0.25, 0.3) is 5.91 Å². The van der Waals surface area contributed by atoms with Gasteiger partial charge in [0.2, 0.25) is 5.91 Å². The Bertz CT molecular complexity index is 480. The van der Waals surface area contributed by atoms with Crippen molar-refractivity contribution in [1.29, 1.82) is 0 Å². The summed E-state index contributed by atoms with van der Waals surface area (Å²) >= 11 is 0. The van der Waals surface area contributed by atoms with Crippen LogP contribution in [0.3, 0.4) is 0 Å². The minimum atomic E-state index is -0.465. The number of unbranched alkanes of at least 4 members (excludes halogenated alkanes) is 1. The van der Waals surface area contributed by atoms with Gasteiger partial charge in [0.1, 0.15) is 0 Å². The maximum absolute atomic E-state index is 12.5. The highest BCUT2D eigenvalue weighted by Gasteiger charge is 2.19. The molecule has 0 atom stereocenters. The topological polar surface area (TPSA) is 75.4 Å². The number of carbonyl (C=O) groups excluding carboxylic acids is 2. The molecule has 0 aliphatic carbocycles. The number of hydrogen-bond donors (Lipinski definition) is 2. The lowest BCUT2D eigenvalue weighted by molar-refractivity contribution is -0.122. The second-order valence-electron chi connectivity index (χ2n) is 6.21.